The van der Waals surface area contributed by atoms with E-state index in [1.807, 2.05) is 37.3 Å². The highest BCUT2D eigenvalue weighted by atomic mass is 16.3. The zero-order chi connectivity index (χ0) is 15.3. The summed E-state index contributed by atoms with van der Waals surface area (Å²) in [5.41, 5.74) is 1.20. The van der Waals surface area contributed by atoms with E-state index in [-0.39, 0.29) is 5.91 Å². The van der Waals surface area contributed by atoms with E-state index >= 15 is 0 Å². The first-order chi connectivity index (χ1) is 10.0. The molecule has 0 spiro atoms. The van der Waals surface area contributed by atoms with Gasteiger partial charge in [-0.2, -0.15) is 0 Å². The molecule has 1 amide bonds. The summed E-state index contributed by atoms with van der Waals surface area (Å²) in [5.74, 6) is -0.191. The molecule has 112 valence electrons. The molecule has 0 saturated heterocycles. The highest BCUT2D eigenvalue weighted by Crippen LogP contribution is 2.26. The largest absolute Gasteiger partial charge is 0.472 e. The molecule has 4 heteroatoms. The Morgan fingerprint density at radius 2 is 2.05 bits per heavy atom. The molecule has 2 atom stereocenters. The van der Waals surface area contributed by atoms with Crippen molar-refractivity contribution in [1.29, 1.82) is 0 Å². The molecule has 0 radical (unpaired) electrons. The Labute approximate surface area is 124 Å². The second-order valence-corrected chi connectivity index (χ2v) is 5.69. The van der Waals surface area contributed by atoms with Gasteiger partial charge in [-0.3, -0.25) is 4.79 Å². The van der Waals surface area contributed by atoms with Crippen molar-refractivity contribution in [2.24, 2.45) is 5.41 Å². The van der Waals surface area contributed by atoms with Gasteiger partial charge < -0.3 is 14.8 Å². The number of carbonyl (C=O) groups excluding carboxylic acids is 1. The van der Waals surface area contributed by atoms with Crippen molar-refractivity contribution in [1.82, 2.24) is 5.32 Å². The molecule has 2 aromatic rings. The van der Waals surface area contributed by atoms with E-state index in [0.29, 0.717) is 18.5 Å². The summed E-state index contributed by atoms with van der Waals surface area (Å²) in [4.78, 5) is 12.0. The highest BCUT2D eigenvalue weighted by Gasteiger charge is 2.31. The van der Waals surface area contributed by atoms with Gasteiger partial charge in [0, 0.05) is 12.0 Å². The molecule has 1 aromatic carbocycles. The van der Waals surface area contributed by atoms with E-state index in [1.54, 1.807) is 13.0 Å². The molecule has 0 unspecified atom stereocenters. The van der Waals surface area contributed by atoms with Crippen molar-refractivity contribution in [3.05, 3.63) is 60.1 Å². The lowest BCUT2D eigenvalue weighted by Crippen LogP contribution is -2.43. The predicted molar refractivity (Wildman–Crippen MR) is 81.0 cm³/mol. The Morgan fingerprint density at radius 3 is 2.62 bits per heavy atom. The molecule has 2 N–H and O–H groups in total. The number of hydrogen-bond donors (Lipinski definition) is 2. The number of amides is 1. The highest BCUT2D eigenvalue weighted by molar-refractivity contribution is 5.93. The van der Waals surface area contributed by atoms with Crippen molar-refractivity contribution in [3.8, 4) is 0 Å². The first-order valence-corrected chi connectivity index (χ1v) is 7.04. The molecule has 21 heavy (non-hydrogen) atoms. The molecule has 2 rings (SSSR count). The molecular formula is C17H21NO3. The third kappa shape index (κ3) is 3.95. The fourth-order valence-electron chi connectivity index (χ4n) is 2.20. The van der Waals surface area contributed by atoms with Crippen molar-refractivity contribution in [3.63, 3.8) is 0 Å². The predicted octanol–water partition coefficient (Wildman–Crippen LogP) is 2.64. The van der Waals surface area contributed by atoms with Crippen LogP contribution in [0.1, 0.15) is 29.8 Å². The number of aliphatic hydroxyl groups excluding tert-OH is 1. The number of nitrogens with one attached hydrogen (secondary N) is 1. The maximum atomic E-state index is 12.0. The van der Waals surface area contributed by atoms with E-state index in [9.17, 15) is 9.90 Å². The summed E-state index contributed by atoms with van der Waals surface area (Å²) >= 11 is 0. The van der Waals surface area contributed by atoms with Crippen LogP contribution in [0, 0.1) is 5.41 Å². The fraction of sp³-hybridized carbons (Fsp3) is 0.353. The SMILES string of the molecule is C[C@H](O)[C@@](C)(CNC(=O)c1ccoc1)Cc1ccccc1. The third-order valence-electron chi connectivity index (χ3n) is 3.90. The average molecular weight is 287 g/mol. The van der Waals surface area contributed by atoms with Crippen LogP contribution in [-0.2, 0) is 6.42 Å². The van der Waals surface area contributed by atoms with Gasteiger partial charge in [-0.15, -0.1) is 0 Å². The average Bonchev–Trinajstić information content (AvgIpc) is 3.00. The lowest BCUT2D eigenvalue weighted by Gasteiger charge is -2.33. The Hall–Kier alpha value is -2.07. The maximum absolute atomic E-state index is 12.0. The topological polar surface area (TPSA) is 62.5 Å². The molecule has 1 aromatic heterocycles. The number of rotatable bonds is 6. The van der Waals surface area contributed by atoms with E-state index in [4.69, 9.17) is 4.42 Å². The summed E-state index contributed by atoms with van der Waals surface area (Å²) < 4.78 is 4.90. The number of benzene rings is 1. The summed E-state index contributed by atoms with van der Waals surface area (Å²) in [7, 11) is 0. The van der Waals surface area contributed by atoms with Gasteiger partial charge in [-0.25, -0.2) is 0 Å². The second kappa shape index (κ2) is 6.59. The van der Waals surface area contributed by atoms with Gasteiger partial charge in [0.15, 0.2) is 0 Å². The summed E-state index contributed by atoms with van der Waals surface area (Å²) in [5, 5.41) is 13.0. The molecule has 1 heterocycles. The van der Waals surface area contributed by atoms with Crippen LogP contribution in [0.5, 0.6) is 0 Å². The quantitative estimate of drug-likeness (QED) is 0.858. The lowest BCUT2D eigenvalue weighted by atomic mass is 9.79. The second-order valence-electron chi connectivity index (χ2n) is 5.69. The first kappa shape index (κ1) is 15.3. The van der Waals surface area contributed by atoms with E-state index in [0.717, 1.165) is 5.56 Å². The Morgan fingerprint density at radius 1 is 1.33 bits per heavy atom. The van der Waals surface area contributed by atoms with Crippen LogP contribution in [0.4, 0.5) is 0 Å². The Bertz CT molecular complexity index is 563. The van der Waals surface area contributed by atoms with Gasteiger partial charge in [-0.1, -0.05) is 37.3 Å². The molecule has 0 aliphatic carbocycles. The summed E-state index contributed by atoms with van der Waals surface area (Å²) in [6, 6.07) is 11.6. The van der Waals surface area contributed by atoms with Gasteiger partial charge in [0.25, 0.3) is 5.91 Å². The van der Waals surface area contributed by atoms with Crippen LogP contribution in [0.2, 0.25) is 0 Å². The maximum Gasteiger partial charge on any atom is 0.254 e. The van der Waals surface area contributed by atoms with Crippen molar-refractivity contribution >= 4 is 5.91 Å². The standard InChI is InChI=1S/C17H21NO3/c1-13(19)17(2,10-14-6-4-3-5-7-14)12-18-16(20)15-8-9-21-11-15/h3-9,11,13,19H,10,12H2,1-2H3,(H,18,20)/t13-,17+/m0/s1. The number of aliphatic hydroxyl groups is 1. The molecule has 4 nitrogen and oxygen atoms in total. The third-order valence-corrected chi connectivity index (χ3v) is 3.90. The van der Waals surface area contributed by atoms with Crippen LogP contribution < -0.4 is 5.32 Å². The Kier molecular flexibility index (Phi) is 4.81. The molecule has 0 aliphatic heterocycles. The lowest BCUT2D eigenvalue weighted by molar-refractivity contribution is 0.0500. The fourth-order valence-corrected chi connectivity index (χ4v) is 2.20. The van der Waals surface area contributed by atoms with E-state index in [1.165, 1.54) is 12.5 Å². The van der Waals surface area contributed by atoms with Gasteiger partial charge in [0.2, 0.25) is 0 Å². The van der Waals surface area contributed by atoms with Crippen LogP contribution in [0.15, 0.2) is 53.3 Å². The van der Waals surface area contributed by atoms with Crippen LogP contribution in [0.3, 0.4) is 0 Å². The van der Waals surface area contributed by atoms with Crippen molar-refractivity contribution in [2.45, 2.75) is 26.4 Å². The minimum Gasteiger partial charge on any atom is -0.472 e. The molecule has 0 saturated carbocycles. The van der Waals surface area contributed by atoms with Gasteiger partial charge in [0.05, 0.1) is 17.9 Å². The minimum atomic E-state index is -0.539. The van der Waals surface area contributed by atoms with E-state index < -0.39 is 11.5 Å². The Balaban J connectivity index is 2.03. The normalized spacial score (nSPS) is 15.2. The van der Waals surface area contributed by atoms with Crippen molar-refractivity contribution < 1.29 is 14.3 Å². The molecule has 0 aliphatic rings. The van der Waals surface area contributed by atoms with Gasteiger partial charge in [0.1, 0.15) is 6.26 Å². The van der Waals surface area contributed by atoms with Crippen LogP contribution >= 0.6 is 0 Å². The number of carbonyl (C=O) groups is 1. The molecule has 0 fully saturated rings. The first-order valence-electron chi connectivity index (χ1n) is 7.04. The summed E-state index contributed by atoms with van der Waals surface area (Å²) in [6.07, 6.45) is 3.03. The minimum absolute atomic E-state index is 0.191. The molecule has 0 bridgehead atoms. The van der Waals surface area contributed by atoms with Gasteiger partial charge >= 0.3 is 0 Å². The number of hydrogen-bond acceptors (Lipinski definition) is 3. The van der Waals surface area contributed by atoms with Crippen LogP contribution in [-0.4, -0.2) is 23.7 Å². The summed E-state index contributed by atoms with van der Waals surface area (Å²) in [6.45, 7) is 4.12. The van der Waals surface area contributed by atoms with Crippen LogP contribution in [0.25, 0.3) is 0 Å². The smallest absolute Gasteiger partial charge is 0.254 e. The monoisotopic (exact) mass is 287 g/mol. The van der Waals surface area contributed by atoms with E-state index in [2.05, 4.69) is 5.32 Å². The zero-order valence-corrected chi connectivity index (χ0v) is 12.4. The van der Waals surface area contributed by atoms with Crippen molar-refractivity contribution in [2.75, 3.05) is 6.54 Å². The zero-order valence-electron chi connectivity index (χ0n) is 12.4. The molecular weight excluding hydrogens is 266 g/mol. The van der Waals surface area contributed by atoms with Gasteiger partial charge in [-0.05, 0) is 25.0 Å². The number of furan rings is 1.